The largest absolute Gasteiger partial charge is 0.447 e. The van der Waals surface area contributed by atoms with Gasteiger partial charge in [-0.3, -0.25) is 9.69 Å². The zero-order valence-electron chi connectivity index (χ0n) is 22.0. The lowest BCUT2D eigenvalue weighted by Crippen LogP contribution is -2.43. The number of hydrogen-bond donors (Lipinski definition) is 2. The Hall–Kier alpha value is -3.54. The first-order chi connectivity index (χ1) is 18.6. The Balaban J connectivity index is 1.41. The van der Waals surface area contributed by atoms with Gasteiger partial charge in [-0.25, -0.2) is 27.2 Å². The van der Waals surface area contributed by atoms with Gasteiger partial charge in [0.15, 0.2) is 0 Å². The lowest BCUT2D eigenvalue weighted by molar-refractivity contribution is -0.00299. The summed E-state index contributed by atoms with van der Waals surface area (Å²) >= 11 is 5.76. The molecule has 1 aliphatic carbocycles. The number of alkyl carbamates (subject to hydrolysis) is 1. The van der Waals surface area contributed by atoms with Crippen molar-refractivity contribution in [2.24, 2.45) is 0 Å². The average molecular weight is 586 g/mol. The van der Waals surface area contributed by atoms with Gasteiger partial charge in [0.2, 0.25) is 0 Å². The molecule has 0 saturated carbocycles. The van der Waals surface area contributed by atoms with Gasteiger partial charge in [0.05, 0.1) is 23.7 Å². The summed E-state index contributed by atoms with van der Waals surface area (Å²) in [5, 5.41) is 4.93. The molecule has 13 heteroatoms. The highest BCUT2D eigenvalue weighted by atomic mass is 35.5. The minimum absolute atomic E-state index is 0.101. The van der Waals surface area contributed by atoms with Crippen molar-refractivity contribution in [3.8, 4) is 0 Å². The number of rotatable bonds is 5. The van der Waals surface area contributed by atoms with Crippen LogP contribution in [0.15, 0.2) is 30.3 Å². The maximum Gasteiger partial charge on any atom is 0.410 e. The summed E-state index contributed by atoms with van der Waals surface area (Å²) < 4.78 is 66.7. The molecular formula is C27H28ClF4N3O5. The van der Waals surface area contributed by atoms with Crippen LogP contribution >= 0.6 is 11.6 Å². The Labute approximate surface area is 232 Å². The van der Waals surface area contributed by atoms with E-state index in [4.69, 9.17) is 21.1 Å². The van der Waals surface area contributed by atoms with E-state index in [2.05, 4.69) is 10.6 Å². The van der Waals surface area contributed by atoms with E-state index in [1.165, 1.54) is 18.2 Å². The summed E-state index contributed by atoms with van der Waals surface area (Å²) in [6.07, 6.45) is -2.14. The third-order valence-corrected chi connectivity index (χ3v) is 6.75. The highest BCUT2D eigenvalue weighted by molar-refractivity contribution is 6.31. The number of nitrogens with one attached hydrogen (secondary N) is 2. The van der Waals surface area contributed by atoms with Crippen LogP contribution < -0.4 is 10.6 Å². The van der Waals surface area contributed by atoms with Crippen LogP contribution in [-0.4, -0.2) is 53.7 Å². The Bertz CT molecular complexity index is 1330. The molecule has 4 rings (SSSR count). The van der Waals surface area contributed by atoms with Gasteiger partial charge in [0.1, 0.15) is 23.8 Å². The Morgan fingerprint density at radius 2 is 1.82 bits per heavy atom. The van der Waals surface area contributed by atoms with Crippen LogP contribution in [0, 0.1) is 11.6 Å². The van der Waals surface area contributed by atoms with Crippen LogP contribution in [0.5, 0.6) is 0 Å². The van der Waals surface area contributed by atoms with Crippen molar-refractivity contribution >= 4 is 35.4 Å². The Morgan fingerprint density at radius 1 is 1.12 bits per heavy atom. The molecule has 0 spiro atoms. The molecule has 216 valence electrons. The predicted molar refractivity (Wildman–Crippen MR) is 138 cm³/mol. The second-order valence-corrected chi connectivity index (χ2v) is 11.1. The molecule has 0 aromatic heterocycles. The summed E-state index contributed by atoms with van der Waals surface area (Å²) in [4.78, 5) is 38.7. The minimum atomic E-state index is -3.18. The molecule has 2 atom stereocenters. The van der Waals surface area contributed by atoms with Crippen molar-refractivity contribution in [2.75, 3.05) is 18.5 Å². The van der Waals surface area contributed by atoms with Crippen LogP contribution in [0.2, 0.25) is 5.02 Å². The van der Waals surface area contributed by atoms with Gasteiger partial charge in [0.25, 0.3) is 11.8 Å². The van der Waals surface area contributed by atoms with E-state index in [9.17, 15) is 31.9 Å². The van der Waals surface area contributed by atoms with Gasteiger partial charge in [-0.15, -0.1) is 0 Å². The fraction of sp³-hybridized carbons (Fsp3) is 0.444. The second kappa shape index (κ2) is 11.1. The minimum Gasteiger partial charge on any atom is -0.447 e. The molecule has 0 radical (unpaired) electrons. The maximum absolute atomic E-state index is 14.8. The van der Waals surface area contributed by atoms with Crippen molar-refractivity contribution in [3.63, 3.8) is 0 Å². The van der Waals surface area contributed by atoms with Crippen LogP contribution in [0.3, 0.4) is 0 Å². The predicted octanol–water partition coefficient (Wildman–Crippen LogP) is 6.23. The summed E-state index contributed by atoms with van der Waals surface area (Å²) in [6, 6.07) is 4.10. The zero-order chi connectivity index (χ0) is 29.4. The van der Waals surface area contributed by atoms with Crippen LogP contribution in [0.1, 0.15) is 61.1 Å². The number of benzene rings is 2. The SMILES string of the molecule is CC(C)(C)OC(=O)N1CC(F)(F)CC1COC(=O)N[C@H]1CCc2c(C(=O)Nc3ccc(F)c(Cl)c3)ccc(F)c21. The number of likely N-dealkylation sites (tertiary alicyclic amines) is 1. The molecule has 2 N–H and O–H groups in total. The number of fused-ring (bicyclic) bond motifs is 1. The molecule has 8 nitrogen and oxygen atoms in total. The van der Waals surface area contributed by atoms with Gasteiger partial charge < -0.3 is 20.1 Å². The number of carbonyl (C=O) groups is 3. The Kier molecular flexibility index (Phi) is 8.21. The van der Waals surface area contributed by atoms with Crippen molar-refractivity contribution in [3.05, 3.63) is 63.7 Å². The first kappa shape index (κ1) is 29.4. The summed E-state index contributed by atoms with van der Waals surface area (Å²) in [7, 11) is 0. The molecular weight excluding hydrogens is 558 g/mol. The number of amides is 3. The summed E-state index contributed by atoms with van der Waals surface area (Å²) in [5.41, 5.74) is -0.0223. The van der Waals surface area contributed by atoms with Crippen LogP contribution in [-0.2, 0) is 15.9 Å². The van der Waals surface area contributed by atoms with Crippen molar-refractivity contribution in [1.82, 2.24) is 10.2 Å². The average Bonchev–Trinajstić information content (AvgIpc) is 3.40. The number of halogens is 5. The van der Waals surface area contributed by atoms with Crippen LogP contribution in [0.4, 0.5) is 32.8 Å². The molecule has 2 aliphatic rings. The number of alkyl halides is 2. The third kappa shape index (κ3) is 6.78. The molecule has 40 heavy (non-hydrogen) atoms. The maximum atomic E-state index is 14.8. The highest BCUT2D eigenvalue weighted by Crippen LogP contribution is 2.37. The van der Waals surface area contributed by atoms with E-state index < -0.39 is 72.9 Å². The molecule has 1 fully saturated rings. The summed E-state index contributed by atoms with van der Waals surface area (Å²) in [5.74, 6) is -5.05. The third-order valence-electron chi connectivity index (χ3n) is 6.46. The highest BCUT2D eigenvalue weighted by Gasteiger charge is 2.48. The van der Waals surface area contributed by atoms with E-state index in [-0.39, 0.29) is 34.7 Å². The van der Waals surface area contributed by atoms with Crippen molar-refractivity contribution in [1.29, 1.82) is 0 Å². The fourth-order valence-electron chi connectivity index (χ4n) is 4.78. The zero-order valence-corrected chi connectivity index (χ0v) is 22.7. The number of hydrogen-bond acceptors (Lipinski definition) is 5. The number of carbonyl (C=O) groups excluding carboxylic acids is 3. The van der Waals surface area contributed by atoms with E-state index in [0.717, 1.165) is 17.0 Å². The molecule has 1 heterocycles. The molecule has 0 bridgehead atoms. The van der Waals surface area contributed by atoms with Gasteiger partial charge >= 0.3 is 12.2 Å². The first-order valence-electron chi connectivity index (χ1n) is 12.5. The fourth-order valence-corrected chi connectivity index (χ4v) is 4.96. The Morgan fingerprint density at radius 3 is 2.50 bits per heavy atom. The van der Waals surface area contributed by atoms with E-state index in [1.54, 1.807) is 20.8 Å². The van der Waals surface area contributed by atoms with Crippen molar-refractivity contribution < 1.29 is 41.4 Å². The molecule has 2 aromatic rings. The lowest BCUT2D eigenvalue weighted by Gasteiger charge is -2.28. The van der Waals surface area contributed by atoms with Gasteiger partial charge in [-0.05, 0) is 69.5 Å². The molecule has 1 unspecified atom stereocenters. The summed E-state index contributed by atoms with van der Waals surface area (Å²) in [6.45, 7) is 3.41. The second-order valence-electron chi connectivity index (χ2n) is 10.7. The van der Waals surface area contributed by atoms with Gasteiger partial charge in [0, 0.05) is 23.2 Å². The standard InChI is InChI=1S/C27H28ClF4N3O5/c1-26(2,3)40-25(38)35-13-27(31,32)11-15(35)12-39-24(37)34-21-9-6-16-17(5-8-20(30)22(16)21)23(36)33-14-4-7-19(29)18(28)10-14/h4-5,7-8,10,15,21H,6,9,11-13H2,1-3H3,(H,33,36)(H,34,37)/t15?,21-/m0/s1. The molecule has 1 saturated heterocycles. The number of anilines is 1. The number of ether oxygens (including phenoxy) is 2. The quantitative estimate of drug-likeness (QED) is 0.406. The van der Waals surface area contributed by atoms with E-state index in [0.29, 0.717) is 5.56 Å². The molecule has 1 aliphatic heterocycles. The lowest BCUT2D eigenvalue weighted by atomic mass is 10.0. The molecule has 3 amide bonds. The first-order valence-corrected chi connectivity index (χ1v) is 12.9. The molecule has 2 aromatic carbocycles. The van der Waals surface area contributed by atoms with Gasteiger partial charge in [-0.2, -0.15) is 0 Å². The van der Waals surface area contributed by atoms with E-state index in [1.807, 2.05) is 0 Å². The van der Waals surface area contributed by atoms with E-state index >= 15 is 0 Å². The topological polar surface area (TPSA) is 97.0 Å². The van der Waals surface area contributed by atoms with Crippen molar-refractivity contribution in [2.45, 2.75) is 63.6 Å². The van der Waals surface area contributed by atoms with Gasteiger partial charge in [-0.1, -0.05) is 11.6 Å². The van der Waals surface area contributed by atoms with Crippen LogP contribution in [0.25, 0.3) is 0 Å². The normalized spacial score (nSPS) is 19.6. The monoisotopic (exact) mass is 585 g/mol. The smallest absolute Gasteiger partial charge is 0.410 e. The number of nitrogens with zero attached hydrogens (tertiary/aromatic N) is 1.